The van der Waals surface area contributed by atoms with Crippen LogP contribution in [0, 0.1) is 17.3 Å². The third-order valence-electron chi connectivity index (χ3n) is 11.7. The van der Waals surface area contributed by atoms with E-state index in [1.54, 1.807) is 86.1 Å². The van der Waals surface area contributed by atoms with Gasteiger partial charge >= 0.3 is 25.3 Å². The number of ether oxygens (including phenoxy) is 5. The number of fused-ring (bicyclic) bond motifs is 1. The van der Waals surface area contributed by atoms with Gasteiger partial charge in [-0.25, -0.2) is 19.4 Å². The standard InChI is InChI=1S/C43H65BN4O11/c1-25-20-31-43(14,26(2)42(25,12)13)59-44(58-31)19-18-27-16-17-30(32(36(50)55-39(3,4)5)34(27)54-38(52)57-41(9,10)11)53-28-22-48(23-28)35(49)33(29-21-45-24-47(29)15)46-37(51)56-40(6,7)8/h16-17,21,24-26,28,31,33H,18-20,22-23H2,1-15H3,(H,46,51)/t25-,26-,31+,33?,43-/m0/s1. The summed E-state index contributed by atoms with van der Waals surface area (Å²) in [5.41, 5.74) is -2.10. The molecule has 1 aromatic carbocycles. The summed E-state index contributed by atoms with van der Waals surface area (Å²) in [6.45, 7) is 27.0. The van der Waals surface area contributed by atoms with Crippen molar-refractivity contribution in [3.63, 3.8) is 0 Å². The topological polar surface area (TPSA) is 166 Å². The van der Waals surface area contributed by atoms with Crippen LogP contribution in [0.1, 0.15) is 131 Å². The molecule has 5 atom stereocenters. The van der Waals surface area contributed by atoms with E-state index < -0.39 is 65.8 Å². The van der Waals surface area contributed by atoms with Gasteiger partial charge in [-0.1, -0.05) is 33.8 Å². The molecule has 2 aliphatic heterocycles. The third kappa shape index (κ3) is 10.7. The fourth-order valence-corrected chi connectivity index (χ4v) is 7.85. The van der Waals surface area contributed by atoms with Crippen molar-refractivity contribution in [2.75, 3.05) is 13.1 Å². The summed E-state index contributed by atoms with van der Waals surface area (Å²) in [6.07, 6.45) is 2.27. The van der Waals surface area contributed by atoms with Crippen LogP contribution in [-0.4, -0.2) is 93.4 Å². The number of hydrogen-bond donors (Lipinski definition) is 1. The normalized spacial score (nSPS) is 23.7. The Balaban J connectivity index is 1.41. The Morgan fingerprint density at radius 3 is 2.15 bits per heavy atom. The van der Waals surface area contributed by atoms with Crippen molar-refractivity contribution in [3.8, 4) is 11.5 Å². The summed E-state index contributed by atoms with van der Waals surface area (Å²) in [4.78, 5) is 59.8. The minimum absolute atomic E-state index is 0.0543. The number of benzene rings is 1. The highest BCUT2D eigenvalue weighted by molar-refractivity contribution is 6.45. The number of rotatable bonds is 10. The lowest BCUT2D eigenvalue weighted by Crippen LogP contribution is -2.59. The van der Waals surface area contributed by atoms with Crippen LogP contribution >= 0.6 is 0 Å². The van der Waals surface area contributed by atoms with E-state index in [4.69, 9.17) is 33.0 Å². The van der Waals surface area contributed by atoms with Gasteiger partial charge in [-0.2, -0.15) is 0 Å². The SMILES string of the molecule is C[C@H]1C[C@H]2OB(CCc3ccc(OC4CN(C(=O)C(NC(=O)OC(C)(C)C)c5cncn5C)C4)c(C(=O)OC(C)(C)C)c3OC(=O)OC(C)(C)C)O[C@@]2(C)[C@@H](C)C1(C)C. The first-order valence-corrected chi connectivity index (χ1v) is 20.6. The highest BCUT2D eigenvalue weighted by Crippen LogP contribution is 2.54. The van der Waals surface area contributed by atoms with Crippen molar-refractivity contribution >= 4 is 31.2 Å². The molecule has 1 N–H and O–H groups in total. The van der Waals surface area contributed by atoms with Crippen LogP contribution in [0.25, 0.3) is 0 Å². The molecule has 3 aliphatic rings. The van der Waals surface area contributed by atoms with Crippen LogP contribution in [0.2, 0.25) is 6.32 Å². The molecule has 15 nitrogen and oxygen atoms in total. The Labute approximate surface area is 349 Å². The van der Waals surface area contributed by atoms with E-state index in [0.29, 0.717) is 29.9 Å². The van der Waals surface area contributed by atoms with E-state index in [2.05, 4.69) is 44.9 Å². The molecule has 1 saturated carbocycles. The minimum Gasteiger partial charge on any atom is -0.486 e. The minimum atomic E-state index is -1.08. The molecule has 1 aromatic heterocycles. The number of hydrogen-bond acceptors (Lipinski definition) is 12. The van der Waals surface area contributed by atoms with Crippen molar-refractivity contribution < 1.29 is 52.2 Å². The summed E-state index contributed by atoms with van der Waals surface area (Å²) in [5.74, 6) is -0.447. The Hall–Kier alpha value is -4.31. The highest BCUT2D eigenvalue weighted by Gasteiger charge is 2.59. The molecule has 2 amide bonds. The van der Waals surface area contributed by atoms with Crippen LogP contribution in [0.4, 0.5) is 9.59 Å². The number of aryl methyl sites for hydroxylation is 2. The number of nitrogens with one attached hydrogen (secondary N) is 1. The molecule has 5 rings (SSSR count). The van der Waals surface area contributed by atoms with Crippen LogP contribution in [0.15, 0.2) is 24.7 Å². The highest BCUT2D eigenvalue weighted by atomic mass is 16.7. The van der Waals surface area contributed by atoms with Crippen molar-refractivity contribution in [2.24, 2.45) is 24.3 Å². The first-order chi connectivity index (χ1) is 27.1. The van der Waals surface area contributed by atoms with E-state index in [-0.39, 0.29) is 47.6 Å². The first-order valence-electron chi connectivity index (χ1n) is 20.6. The average molecular weight is 825 g/mol. The number of aromatic nitrogens is 2. The van der Waals surface area contributed by atoms with Crippen LogP contribution in [0.5, 0.6) is 11.5 Å². The fourth-order valence-electron chi connectivity index (χ4n) is 7.85. The zero-order valence-corrected chi connectivity index (χ0v) is 37.6. The molecule has 2 aromatic rings. The van der Waals surface area contributed by atoms with Gasteiger partial charge in [0.25, 0.3) is 5.91 Å². The van der Waals surface area contributed by atoms with Crippen LogP contribution < -0.4 is 14.8 Å². The van der Waals surface area contributed by atoms with Gasteiger partial charge in [0.2, 0.25) is 0 Å². The van der Waals surface area contributed by atoms with E-state index in [9.17, 15) is 19.2 Å². The monoisotopic (exact) mass is 824 g/mol. The second-order valence-electron chi connectivity index (χ2n) is 20.1. The molecule has 0 spiro atoms. The van der Waals surface area contributed by atoms with Crippen molar-refractivity contribution in [1.29, 1.82) is 0 Å². The lowest BCUT2D eigenvalue weighted by Gasteiger charge is -2.53. The Morgan fingerprint density at radius 2 is 1.58 bits per heavy atom. The van der Waals surface area contributed by atoms with Gasteiger partial charge in [-0.05, 0) is 117 Å². The Kier molecular flexibility index (Phi) is 12.9. The largest absolute Gasteiger partial charge is 0.514 e. The van der Waals surface area contributed by atoms with Gasteiger partial charge in [0.05, 0.1) is 43.0 Å². The maximum Gasteiger partial charge on any atom is 0.514 e. The number of carbonyl (C=O) groups excluding carboxylic acids is 4. The smallest absolute Gasteiger partial charge is 0.486 e. The summed E-state index contributed by atoms with van der Waals surface area (Å²) in [5, 5.41) is 2.69. The van der Waals surface area contributed by atoms with Gasteiger partial charge in [-0.15, -0.1) is 0 Å². The second kappa shape index (κ2) is 16.6. The molecule has 2 saturated heterocycles. The molecule has 16 heteroatoms. The van der Waals surface area contributed by atoms with Gasteiger partial charge in [0, 0.05) is 7.05 Å². The molecular weight excluding hydrogens is 759 g/mol. The zero-order chi connectivity index (χ0) is 44.0. The summed E-state index contributed by atoms with van der Waals surface area (Å²) < 4.78 is 44.0. The van der Waals surface area contributed by atoms with Crippen LogP contribution in [0.3, 0.4) is 0 Å². The molecular formula is C43H65BN4O11. The molecule has 3 fully saturated rings. The molecule has 326 valence electrons. The van der Waals surface area contributed by atoms with Gasteiger partial charge < -0.3 is 47.8 Å². The number of likely N-dealkylation sites (tertiary alicyclic amines) is 1. The summed E-state index contributed by atoms with van der Waals surface area (Å²) in [7, 11) is 1.20. The van der Waals surface area contributed by atoms with Gasteiger partial charge in [0.15, 0.2) is 11.8 Å². The van der Waals surface area contributed by atoms with Crippen molar-refractivity contribution in [2.45, 2.75) is 157 Å². The summed E-state index contributed by atoms with van der Waals surface area (Å²) >= 11 is 0. The fraction of sp³-hybridized carbons (Fsp3) is 0.698. The maximum absolute atomic E-state index is 14.1. The Morgan fingerprint density at radius 1 is 0.949 bits per heavy atom. The average Bonchev–Trinajstić information content (AvgIpc) is 3.63. The number of amides is 2. The molecule has 1 unspecified atom stereocenters. The van der Waals surface area contributed by atoms with E-state index in [0.717, 1.165) is 6.42 Å². The van der Waals surface area contributed by atoms with E-state index in [1.807, 2.05) is 0 Å². The third-order valence-corrected chi connectivity index (χ3v) is 11.7. The number of alkyl carbamates (subject to hydrolysis) is 1. The second-order valence-corrected chi connectivity index (χ2v) is 20.1. The summed E-state index contributed by atoms with van der Waals surface area (Å²) in [6, 6.07) is 2.31. The number of nitrogens with zero attached hydrogens (tertiary/aromatic N) is 3. The predicted octanol–water partition coefficient (Wildman–Crippen LogP) is 7.45. The van der Waals surface area contributed by atoms with E-state index in [1.165, 1.54) is 17.4 Å². The number of imidazole rings is 1. The Bertz CT molecular complexity index is 1890. The van der Waals surface area contributed by atoms with Gasteiger partial charge in [0.1, 0.15) is 34.2 Å². The first kappa shape index (κ1) is 45.8. The molecule has 1 aliphatic carbocycles. The van der Waals surface area contributed by atoms with Crippen molar-refractivity contribution in [3.05, 3.63) is 41.5 Å². The quantitative estimate of drug-likeness (QED) is 0.109. The predicted molar refractivity (Wildman–Crippen MR) is 220 cm³/mol. The van der Waals surface area contributed by atoms with Crippen molar-refractivity contribution in [1.82, 2.24) is 19.8 Å². The zero-order valence-electron chi connectivity index (χ0n) is 37.6. The number of carbonyl (C=O) groups is 4. The molecule has 0 radical (unpaired) electrons. The molecule has 3 heterocycles. The lowest BCUT2D eigenvalue weighted by atomic mass is 9.57. The van der Waals surface area contributed by atoms with E-state index >= 15 is 0 Å². The number of esters is 1. The maximum atomic E-state index is 14.1. The molecule has 0 bridgehead atoms. The lowest BCUT2D eigenvalue weighted by molar-refractivity contribution is -0.142. The molecule has 59 heavy (non-hydrogen) atoms. The van der Waals surface area contributed by atoms with Crippen LogP contribution in [-0.2, 0) is 41.8 Å². The van der Waals surface area contributed by atoms with Gasteiger partial charge in [-0.3, -0.25) is 4.79 Å².